The number of amides is 2. The number of hydrogen-bond donors (Lipinski definition) is 1. The van der Waals surface area contributed by atoms with Gasteiger partial charge in [-0.25, -0.2) is 4.39 Å². The Morgan fingerprint density at radius 3 is 2.33 bits per heavy atom. The van der Waals surface area contributed by atoms with Crippen molar-refractivity contribution in [3.8, 4) is 22.3 Å². The Hall–Kier alpha value is -3.81. The maximum atomic E-state index is 15.5. The lowest BCUT2D eigenvalue weighted by molar-refractivity contribution is -0.139. The molecular formula is C28H26FN5O2. The van der Waals surface area contributed by atoms with E-state index in [0.717, 1.165) is 35.1 Å². The second-order valence-electron chi connectivity index (χ2n) is 10.5. The van der Waals surface area contributed by atoms with Crippen LogP contribution in [0.3, 0.4) is 0 Å². The van der Waals surface area contributed by atoms with Gasteiger partial charge in [0.25, 0.3) is 5.91 Å². The number of hydrogen-bond acceptors (Lipinski definition) is 4. The standard InChI is InChI=1S/C28H26FN5O2/c29-24-11-21(18-1-3-19(4-2-18)22-12-30-31-13-22)7-8-23(24)25-32-28(9-10-28)27(36)34(25)16-17-14-33(15-17)26(35)20-5-6-20/h1-4,7-8,11-13,17,20H,5-6,9-10,14-16H2,(H,30,31). The number of nitrogens with zero attached hydrogens (tertiary/aromatic N) is 4. The zero-order chi connectivity index (χ0) is 24.4. The number of rotatable bonds is 6. The summed E-state index contributed by atoms with van der Waals surface area (Å²) in [5.41, 5.74) is 3.35. The third-order valence-electron chi connectivity index (χ3n) is 7.84. The number of amidine groups is 1. The molecule has 2 aliphatic heterocycles. The zero-order valence-electron chi connectivity index (χ0n) is 19.8. The summed E-state index contributed by atoms with van der Waals surface area (Å²) in [5.74, 6) is 0.671. The molecule has 1 N–H and O–H groups in total. The van der Waals surface area contributed by atoms with Crippen LogP contribution in [0.25, 0.3) is 22.3 Å². The second-order valence-corrected chi connectivity index (χ2v) is 10.5. The number of aliphatic imine (C=N–C) groups is 1. The van der Waals surface area contributed by atoms with Crippen LogP contribution in [-0.4, -0.2) is 62.8 Å². The third-order valence-corrected chi connectivity index (χ3v) is 7.84. The molecule has 0 atom stereocenters. The lowest BCUT2D eigenvalue weighted by Gasteiger charge is -2.41. The summed E-state index contributed by atoms with van der Waals surface area (Å²) < 4.78 is 15.5. The molecule has 7 rings (SSSR count). The van der Waals surface area contributed by atoms with Crippen molar-refractivity contribution in [1.82, 2.24) is 20.0 Å². The highest BCUT2D eigenvalue weighted by molar-refractivity contribution is 6.16. The Morgan fingerprint density at radius 1 is 1.03 bits per heavy atom. The van der Waals surface area contributed by atoms with Crippen LogP contribution >= 0.6 is 0 Å². The molecule has 4 aliphatic rings. The lowest BCUT2D eigenvalue weighted by Crippen LogP contribution is -2.55. The van der Waals surface area contributed by atoms with Crippen molar-refractivity contribution in [2.75, 3.05) is 19.6 Å². The monoisotopic (exact) mass is 483 g/mol. The molecule has 1 saturated heterocycles. The first kappa shape index (κ1) is 21.5. The number of halogens is 1. The van der Waals surface area contributed by atoms with Crippen molar-refractivity contribution < 1.29 is 14.0 Å². The van der Waals surface area contributed by atoms with Crippen molar-refractivity contribution in [3.63, 3.8) is 0 Å². The molecule has 3 aromatic rings. The van der Waals surface area contributed by atoms with E-state index in [1.54, 1.807) is 17.2 Å². The molecule has 0 bridgehead atoms. The molecule has 0 radical (unpaired) electrons. The molecule has 2 amide bonds. The van der Waals surface area contributed by atoms with E-state index in [9.17, 15) is 9.59 Å². The van der Waals surface area contributed by atoms with Gasteiger partial charge >= 0.3 is 0 Å². The van der Waals surface area contributed by atoms with Gasteiger partial charge in [-0.3, -0.25) is 24.6 Å². The normalized spacial score (nSPS) is 20.6. The second kappa shape index (κ2) is 7.85. The van der Waals surface area contributed by atoms with Crippen LogP contribution in [-0.2, 0) is 9.59 Å². The van der Waals surface area contributed by atoms with E-state index in [2.05, 4.69) is 10.2 Å². The van der Waals surface area contributed by atoms with Gasteiger partial charge in [-0.2, -0.15) is 5.10 Å². The minimum atomic E-state index is -0.698. The van der Waals surface area contributed by atoms with Crippen LogP contribution < -0.4 is 0 Å². The van der Waals surface area contributed by atoms with Crippen molar-refractivity contribution in [2.24, 2.45) is 16.8 Å². The summed E-state index contributed by atoms with van der Waals surface area (Å²) in [6.07, 6.45) is 7.01. The van der Waals surface area contributed by atoms with Gasteiger partial charge in [0, 0.05) is 43.2 Å². The Bertz CT molecular complexity index is 1380. The number of H-pyrrole nitrogens is 1. The molecule has 2 aromatic carbocycles. The van der Waals surface area contributed by atoms with Gasteiger partial charge in [-0.05, 0) is 54.5 Å². The van der Waals surface area contributed by atoms with Crippen LogP contribution in [0.2, 0.25) is 0 Å². The topological polar surface area (TPSA) is 81.7 Å². The Labute approximate surface area is 208 Å². The van der Waals surface area contributed by atoms with Crippen LogP contribution in [0.5, 0.6) is 0 Å². The lowest BCUT2D eigenvalue weighted by atomic mass is 9.97. The predicted molar refractivity (Wildman–Crippen MR) is 132 cm³/mol. The number of nitrogens with one attached hydrogen (secondary N) is 1. The third kappa shape index (κ3) is 3.54. The maximum Gasteiger partial charge on any atom is 0.256 e. The van der Waals surface area contributed by atoms with E-state index in [-0.39, 0.29) is 29.5 Å². The van der Waals surface area contributed by atoms with Gasteiger partial charge in [0.1, 0.15) is 17.2 Å². The van der Waals surface area contributed by atoms with E-state index < -0.39 is 5.54 Å². The van der Waals surface area contributed by atoms with Gasteiger partial charge in [0.05, 0.1) is 11.8 Å². The van der Waals surface area contributed by atoms with Gasteiger partial charge in [0.2, 0.25) is 5.91 Å². The molecule has 2 saturated carbocycles. The van der Waals surface area contributed by atoms with Crippen molar-refractivity contribution in [2.45, 2.75) is 31.2 Å². The molecular weight excluding hydrogens is 457 g/mol. The first-order valence-electron chi connectivity index (χ1n) is 12.6. The Balaban J connectivity index is 1.11. The smallest absolute Gasteiger partial charge is 0.256 e. The number of benzene rings is 2. The van der Waals surface area contributed by atoms with Crippen LogP contribution in [0.4, 0.5) is 4.39 Å². The van der Waals surface area contributed by atoms with Crippen molar-refractivity contribution >= 4 is 17.6 Å². The maximum absolute atomic E-state index is 15.5. The van der Waals surface area contributed by atoms with E-state index in [1.807, 2.05) is 41.4 Å². The quantitative estimate of drug-likeness (QED) is 0.578. The highest BCUT2D eigenvalue weighted by Crippen LogP contribution is 2.46. The highest BCUT2D eigenvalue weighted by atomic mass is 19.1. The molecule has 36 heavy (non-hydrogen) atoms. The average Bonchev–Trinajstić information content (AvgIpc) is 3.78. The minimum Gasteiger partial charge on any atom is -0.342 e. The summed E-state index contributed by atoms with van der Waals surface area (Å²) >= 11 is 0. The van der Waals surface area contributed by atoms with E-state index in [4.69, 9.17) is 4.99 Å². The summed E-state index contributed by atoms with van der Waals surface area (Å²) in [6.45, 7) is 1.80. The molecule has 3 heterocycles. The largest absolute Gasteiger partial charge is 0.342 e. The molecule has 182 valence electrons. The number of aromatic nitrogens is 2. The van der Waals surface area contributed by atoms with Crippen molar-refractivity contribution in [1.29, 1.82) is 0 Å². The van der Waals surface area contributed by atoms with Gasteiger partial charge in [-0.15, -0.1) is 0 Å². The molecule has 3 fully saturated rings. The van der Waals surface area contributed by atoms with Crippen LogP contribution in [0.1, 0.15) is 31.2 Å². The SMILES string of the molecule is O=C(C1CC1)N1CC(CN2C(=O)C3(CC3)N=C2c2ccc(-c3ccc(-c4cn[nH]c4)cc3)cc2F)C1. The fourth-order valence-corrected chi connectivity index (χ4v) is 5.33. The van der Waals surface area contributed by atoms with Gasteiger partial charge in [0.15, 0.2) is 0 Å². The molecule has 8 heteroatoms. The molecule has 7 nitrogen and oxygen atoms in total. The van der Waals surface area contributed by atoms with Gasteiger partial charge < -0.3 is 4.90 Å². The van der Waals surface area contributed by atoms with E-state index >= 15 is 4.39 Å². The van der Waals surface area contributed by atoms with Crippen LogP contribution in [0.15, 0.2) is 59.9 Å². The number of aromatic amines is 1. The van der Waals surface area contributed by atoms with E-state index in [1.165, 1.54) is 6.07 Å². The Morgan fingerprint density at radius 2 is 1.72 bits per heavy atom. The van der Waals surface area contributed by atoms with Crippen LogP contribution in [0, 0.1) is 17.7 Å². The molecule has 1 aromatic heterocycles. The van der Waals surface area contributed by atoms with Gasteiger partial charge in [-0.1, -0.05) is 30.3 Å². The molecule has 1 spiro atoms. The number of carbonyl (C=O) groups excluding carboxylic acids is 2. The summed E-state index contributed by atoms with van der Waals surface area (Å²) in [4.78, 5) is 33.8. The Kier molecular flexibility index (Phi) is 4.68. The predicted octanol–water partition coefficient (Wildman–Crippen LogP) is 3.87. The molecule has 0 unspecified atom stereocenters. The van der Waals surface area contributed by atoms with E-state index in [0.29, 0.717) is 43.9 Å². The highest BCUT2D eigenvalue weighted by Gasteiger charge is 2.58. The molecule has 2 aliphatic carbocycles. The summed E-state index contributed by atoms with van der Waals surface area (Å²) in [7, 11) is 0. The van der Waals surface area contributed by atoms with Crippen molar-refractivity contribution in [3.05, 3.63) is 66.2 Å². The number of likely N-dealkylation sites (tertiary alicyclic amines) is 1. The summed E-state index contributed by atoms with van der Waals surface area (Å²) in [6, 6.07) is 13.0. The first-order valence-corrected chi connectivity index (χ1v) is 12.6. The zero-order valence-corrected chi connectivity index (χ0v) is 19.8. The fraction of sp³-hybridized carbons (Fsp3) is 0.357. The summed E-state index contributed by atoms with van der Waals surface area (Å²) in [5, 5.41) is 6.79. The average molecular weight is 484 g/mol. The fourth-order valence-electron chi connectivity index (χ4n) is 5.33. The number of carbonyl (C=O) groups is 2. The first-order chi connectivity index (χ1) is 17.5. The minimum absolute atomic E-state index is 0.0252.